The molecule has 1 aliphatic heterocycles. The fraction of sp³-hybridized carbons (Fsp3) is 0.667. The standard InChI is InChI=1S/C15H25N3O2/c1-2-3-4-7-17-8-10-18(11-9-17)15(19)16-13-14-6-5-12-20-14/h5-6,12H,2-4,7-11,13H2,1H3,(H,16,19). The minimum Gasteiger partial charge on any atom is -0.467 e. The molecule has 2 heterocycles. The van der Waals surface area contributed by atoms with Crippen LogP contribution in [0.15, 0.2) is 22.8 Å². The Labute approximate surface area is 120 Å². The molecule has 0 aromatic carbocycles. The van der Waals surface area contributed by atoms with Crippen molar-refractivity contribution in [3.8, 4) is 0 Å². The lowest BCUT2D eigenvalue weighted by Gasteiger charge is -2.34. The predicted octanol–water partition coefficient (Wildman–Crippen LogP) is 2.30. The van der Waals surface area contributed by atoms with Crippen molar-refractivity contribution in [1.82, 2.24) is 15.1 Å². The molecule has 0 aliphatic carbocycles. The van der Waals surface area contributed by atoms with Crippen LogP contribution < -0.4 is 5.32 Å². The first-order valence-electron chi connectivity index (χ1n) is 7.57. The zero-order chi connectivity index (χ0) is 14.2. The van der Waals surface area contributed by atoms with Crippen molar-refractivity contribution < 1.29 is 9.21 Å². The number of carbonyl (C=O) groups excluding carboxylic acids is 1. The van der Waals surface area contributed by atoms with E-state index in [4.69, 9.17) is 4.42 Å². The van der Waals surface area contributed by atoms with E-state index in [-0.39, 0.29) is 6.03 Å². The number of nitrogens with one attached hydrogen (secondary N) is 1. The molecule has 5 nitrogen and oxygen atoms in total. The van der Waals surface area contributed by atoms with Crippen LogP contribution in [0.1, 0.15) is 31.9 Å². The minimum atomic E-state index is 0.00890. The van der Waals surface area contributed by atoms with Crippen LogP contribution in [0, 0.1) is 0 Å². The molecule has 0 unspecified atom stereocenters. The fourth-order valence-electron chi connectivity index (χ4n) is 2.45. The van der Waals surface area contributed by atoms with Crippen LogP contribution in [0.5, 0.6) is 0 Å². The summed E-state index contributed by atoms with van der Waals surface area (Å²) in [5.74, 6) is 0.788. The SMILES string of the molecule is CCCCCN1CCN(C(=O)NCc2ccco2)CC1. The van der Waals surface area contributed by atoms with Crippen molar-refractivity contribution in [3.05, 3.63) is 24.2 Å². The molecule has 2 rings (SSSR count). The molecule has 1 aromatic heterocycles. The highest BCUT2D eigenvalue weighted by atomic mass is 16.3. The zero-order valence-electron chi connectivity index (χ0n) is 12.3. The number of unbranched alkanes of at least 4 members (excludes halogenated alkanes) is 2. The largest absolute Gasteiger partial charge is 0.467 e. The normalized spacial score (nSPS) is 16.4. The van der Waals surface area contributed by atoms with Crippen LogP contribution in [-0.4, -0.2) is 48.6 Å². The molecule has 0 spiro atoms. The van der Waals surface area contributed by atoms with E-state index in [1.807, 2.05) is 17.0 Å². The predicted molar refractivity (Wildman–Crippen MR) is 78.5 cm³/mol. The van der Waals surface area contributed by atoms with Crippen LogP contribution in [0.4, 0.5) is 4.79 Å². The lowest BCUT2D eigenvalue weighted by atomic mass is 10.2. The molecule has 1 N–H and O–H groups in total. The van der Waals surface area contributed by atoms with Gasteiger partial charge in [-0.2, -0.15) is 0 Å². The molecule has 1 aromatic rings. The van der Waals surface area contributed by atoms with E-state index in [1.165, 1.54) is 19.3 Å². The molecule has 112 valence electrons. The van der Waals surface area contributed by atoms with E-state index in [1.54, 1.807) is 6.26 Å². The second kappa shape index (κ2) is 7.94. The monoisotopic (exact) mass is 279 g/mol. The summed E-state index contributed by atoms with van der Waals surface area (Å²) in [7, 11) is 0. The first-order valence-corrected chi connectivity index (χ1v) is 7.57. The maximum atomic E-state index is 12.0. The number of piperazine rings is 1. The van der Waals surface area contributed by atoms with Gasteiger partial charge in [-0.15, -0.1) is 0 Å². The average Bonchev–Trinajstić information content (AvgIpc) is 2.99. The van der Waals surface area contributed by atoms with Gasteiger partial charge >= 0.3 is 6.03 Å². The number of amides is 2. The fourth-order valence-corrected chi connectivity index (χ4v) is 2.45. The van der Waals surface area contributed by atoms with Crippen molar-refractivity contribution in [2.75, 3.05) is 32.7 Å². The number of carbonyl (C=O) groups is 1. The number of nitrogens with zero attached hydrogens (tertiary/aromatic N) is 2. The second-order valence-electron chi connectivity index (χ2n) is 5.27. The quantitative estimate of drug-likeness (QED) is 0.813. The summed E-state index contributed by atoms with van der Waals surface area (Å²) >= 11 is 0. The summed E-state index contributed by atoms with van der Waals surface area (Å²) in [4.78, 5) is 16.4. The van der Waals surface area contributed by atoms with Gasteiger partial charge in [-0.25, -0.2) is 4.79 Å². The van der Waals surface area contributed by atoms with E-state index in [2.05, 4.69) is 17.1 Å². The van der Waals surface area contributed by atoms with Crippen LogP contribution in [0.25, 0.3) is 0 Å². The Morgan fingerprint density at radius 2 is 2.10 bits per heavy atom. The Bertz CT molecular complexity index is 384. The van der Waals surface area contributed by atoms with Crippen LogP contribution in [0.3, 0.4) is 0 Å². The van der Waals surface area contributed by atoms with Gasteiger partial charge in [0.25, 0.3) is 0 Å². The molecule has 1 saturated heterocycles. The lowest BCUT2D eigenvalue weighted by Crippen LogP contribution is -2.51. The zero-order valence-corrected chi connectivity index (χ0v) is 12.3. The van der Waals surface area contributed by atoms with Gasteiger partial charge in [-0.05, 0) is 25.1 Å². The summed E-state index contributed by atoms with van der Waals surface area (Å²) in [6, 6.07) is 3.71. The number of urea groups is 1. The van der Waals surface area contributed by atoms with Gasteiger partial charge in [0.05, 0.1) is 12.8 Å². The Balaban J connectivity index is 1.64. The Kier molecular flexibility index (Phi) is 5.92. The van der Waals surface area contributed by atoms with Gasteiger partial charge < -0.3 is 14.6 Å². The average molecular weight is 279 g/mol. The number of hydrogen-bond donors (Lipinski definition) is 1. The third-order valence-electron chi connectivity index (χ3n) is 3.73. The van der Waals surface area contributed by atoms with Crippen molar-refractivity contribution in [1.29, 1.82) is 0 Å². The van der Waals surface area contributed by atoms with Gasteiger partial charge in [0.2, 0.25) is 0 Å². The third-order valence-corrected chi connectivity index (χ3v) is 3.73. The van der Waals surface area contributed by atoms with Gasteiger partial charge in [0.1, 0.15) is 5.76 Å². The third kappa shape index (κ3) is 4.56. The summed E-state index contributed by atoms with van der Waals surface area (Å²) in [5.41, 5.74) is 0. The molecule has 1 aliphatic rings. The molecule has 2 amide bonds. The second-order valence-corrected chi connectivity index (χ2v) is 5.27. The summed E-state index contributed by atoms with van der Waals surface area (Å²) in [6.07, 6.45) is 5.44. The number of furan rings is 1. The lowest BCUT2D eigenvalue weighted by molar-refractivity contribution is 0.137. The minimum absolute atomic E-state index is 0.00890. The Hall–Kier alpha value is -1.49. The summed E-state index contributed by atoms with van der Waals surface area (Å²) < 4.78 is 5.20. The van der Waals surface area contributed by atoms with Crippen molar-refractivity contribution >= 4 is 6.03 Å². The Morgan fingerprint density at radius 1 is 1.30 bits per heavy atom. The molecule has 1 fully saturated rings. The first kappa shape index (κ1) is 14.9. The first-order chi connectivity index (χ1) is 9.79. The van der Waals surface area contributed by atoms with Crippen LogP contribution >= 0.6 is 0 Å². The smallest absolute Gasteiger partial charge is 0.317 e. The molecule has 20 heavy (non-hydrogen) atoms. The van der Waals surface area contributed by atoms with E-state index >= 15 is 0 Å². The van der Waals surface area contributed by atoms with Crippen molar-refractivity contribution in [2.24, 2.45) is 0 Å². The molecule has 5 heteroatoms. The van der Waals surface area contributed by atoms with Gasteiger partial charge in [0.15, 0.2) is 0 Å². The highest BCUT2D eigenvalue weighted by Crippen LogP contribution is 2.05. The van der Waals surface area contributed by atoms with Gasteiger partial charge in [-0.1, -0.05) is 19.8 Å². The molecule has 0 bridgehead atoms. The van der Waals surface area contributed by atoms with Gasteiger partial charge in [0, 0.05) is 26.2 Å². The highest BCUT2D eigenvalue weighted by molar-refractivity contribution is 5.74. The highest BCUT2D eigenvalue weighted by Gasteiger charge is 2.20. The number of rotatable bonds is 6. The van der Waals surface area contributed by atoms with Crippen LogP contribution in [0.2, 0.25) is 0 Å². The maximum absolute atomic E-state index is 12.0. The molecule has 0 saturated carbocycles. The van der Waals surface area contributed by atoms with E-state index in [0.29, 0.717) is 6.54 Å². The topological polar surface area (TPSA) is 48.7 Å². The molecular weight excluding hydrogens is 254 g/mol. The molecule has 0 atom stereocenters. The molecule has 0 radical (unpaired) electrons. The molecular formula is C15H25N3O2. The van der Waals surface area contributed by atoms with Gasteiger partial charge in [-0.3, -0.25) is 4.90 Å². The van der Waals surface area contributed by atoms with E-state index in [9.17, 15) is 4.79 Å². The van der Waals surface area contributed by atoms with Crippen molar-refractivity contribution in [2.45, 2.75) is 32.7 Å². The van der Waals surface area contributed by atoms with E-state index in [0.717, 1.165) is 38.5 Å². The number of hydrogen-bond acceptors (Lipinski definition) is 3. The van der Waals surface area contributed by atoms with E-state index < -0.39 is 0 Å². The summed E-state index contributed by atoms with van der Waals surface area (Å²) in [6.45, 7) is 7.45. The summed E-state index contributed by atoms with van der Waals surface area (Å²) in [5, 5.41) is 2.90. The van der Waals surface area contributed by atoms with Crippen LogP contribution in [-0.2, 0) is 6.54 Å². The Morgan fingerprint density at radius 3 is 2.75 bits per heavy atom. The maximum Gasteiger partial charge on any atom is 0.317 e. The van der Waals surface area contributed by atoms with Crippen molar-refractivity contribution in [3.63, 3.8) is 0 Å².